The summed E-state index contributed by atoms with van der Waals surface area (Å²) >= 11 is 32.1. The van der Waals surface area contributed by atoms with Crippen LogP contribution in [0.25, 0.3) is 0 Å². The van der Waals surface area contributed by atoms with Crippen molar-refractivity contribution < 1.29 is 33.7 Å². The number of rotatable bonds is 14. The van der Waals surface area contributed by atoms with Crippen molar-refractivity contribution in [2.45, 2.75) is 77.7 Å². The second-order valence-corrected chi connectivity index (χ2v) is 26.7. The molecule has 0 amide bonds. The fraction of sp³-hybridized carbons (Fsp3) is 0.238. The maximum atomic E-state index is 12.8. The highest BCUT2D eigenvalue weighted by Gasteiger charge is 2.28. The van der Waals surface area contributed by atoms with E-state index in [1.807, 2.05) is 0 Å². The van der Waals surface area contributed by atoms with E-state index in [9.17, 15) is 38.5 Å². The molecule has 0 unspecified atom stereocenters. The number of aromatic amines is 1. The van der Waals surface area contributed by atoms with Crippen LogP contribution < -0.4 is 15.0 Å². The van der Waals surface area contributed by atoms with Crippen LogP contribution in [-0.2, 0) is 40.1 Å². The number of benzene rings is 4. The number of hydrogen-bond donors (Lipinski definition) is 3. The molecule has 372 valence electrons. The summed E-state index contributed by atoms with van der Waals surface area (Å²) in [7, 11) is -15.3. The lowest BCUT2D eigenvalue weighted by Gasteiger charge is -2.25. The smallest absolute Gasteiger partial charge is 0.266 e. The summed E-state index contributed by atoms with van der Waals surface area (Å²) in [5, 5.41) is 0.472. The highest BCUT2D eigenvalue weighted by Crippen LogP contribution is 2.35. The Hall–Kier alpha value is -3.69. The number of aromatic nitrogens is 4. The van der Waals surface area contributed by atoms with Gasteiger partial charge in [-0.1, -0.05) is 94.4 Å². The third-order valence-corrected chi connectivity index (χ3v) is 20.7. The van der Waals surface area contributed by atoms with E-state index >= 15 is 0 Å². The van der Waals surface area contributed by atoms with Crippen molar-refractivity contribution in [2.24, 2.45) is 0 Å². The topological polar surface area (TPSA) is 239 Å². The van der Waals surface area contributed by atoms with Crippen molar-refractivity contribution in [3.05, 3.63) is 133 Å². The quantitative estimate of drug-likeness (QED) is 0.0861. The summed E-state index contributed by atoms with van der Waals surface area (Å²) in [5.41, 5.74) is -0.574. The minimum Gasteiger partial charge on any atom is -0.291 e. The Morgan fingerprint density at radius 2 is 0.957 bits per heavy atom. The zero-order valence-corrected chi connectivity index (χ0v) is 44.7. The Bertz CT molecular complexity index is 3400. The molecule has 0 saturated carbocycles. The summed E-state index contributed by atoms with van der Waals surface area (Å²) in [5.74, 6) is -0.512. The first-order valence-electron chi connectivity index (χ1n) is 20.8. The maximum absolute atomic E-state index is 12.8. The highest BCUT2D eigenvalue weighted by atomic mass is 35.5. The van der Waals surface area contributed by atoms with Crippen LogP contribution in [0.1, 0.15) is 38.5 Å². The van der Waals surface area contributed by atoms with Crippen LogP contribution in [0.3, 0.4) is 0 Å². The monoisotopic (exact) mass is 1170 g/mol. The highest BCUT2D eigenvalue weighted by molar-refractivity contribution is 7.99. The molecule has 2 aromatic heterocycles. The minimum atomic E-state index is -4.12. The lowest BCUT2D eigenvalue weighted by atomic mass is 10.2. The van der Waals surface area contributed by atoms with Crippen molar-refractivity contribution in [1.82, 2.24) is 28.5 Å². The molecule has 0 atom stereocenters. The molecule has 8 rings (SSSR count). The summed E-state index contributed by atoms with van der Waals surface area (Å²) in [6, 6.07) is 20.6. The Kier molecular flexibility index (Phi) is 17.8. The van der Waals surface area contributed by atoms with Gasteiger partial charge in [0.25, 0.3) is 25.6 Å². The zero-order valence-electron chi connectivity index (χ0n) is 36.1. The van der Waals surface area contributed by atoms with Gasteiger partial charge in [-0.15, -0.1) is 0 Å². The fourth-order valence-corrected chi connectivity index (χ4v) is 15.1. The number of hydrogen-bond acceptors (Lipinski definition) is 14. The van der Waals surface area contributed by atoms with Crippen molar-refractivity contribution in [3.8, 4) is 0 Å². The Balaban J connectivity index is 0.000000206. The second-order valence-electron chi connectivity index (χ2n) is 15.2. The van der Waals surface area contributed by atoms with E-state index in [-0.39, 0.29) is 56.6 Å². The zero-order chi connectivity index (χ0) is 50.4. The molecule has 4 aromatic carbocycles. The first-order valence-corrected chi connectivity index (χ1v) is 30.1. The number of nitrogens with one attached hydrogen (secondary N) is 3. The van der Waals surface area contributed by atoms with Gasteiger partial charge >= 0.3 is 0 Å². The van der Waals surface area contributed by atoms with E-state index < -0.39 is 45.7 Å². The fourth-order valence-electron chi connectivity index (χ4n) is 6.84. The molecule has 0 bridgehead atoms. The Labute approximate surface area is 438 Å². The van der Waals surface area contributed by atoms with Gasteiger partial charge in [0.1, 0.15) is 14.9 Å². The van der Waals surface area contributed by atoms with E-state index in [0.29, 0.717) is 41.0 Å². The normalized spacial score (nSPS) is 15.2. The van der Waals surface area contributed by atoms with Gasteiger partial charge in [-0.3, -0.25) is 9.78 Å². The third-order valence-electron chi connectivity index (χ3n) is 10.3. The standard InChI is InChI=1S/C21H19Cl3N4O4S3.C21H20Cl2N4O5S3/c22-14-4-9-19(17(23)12-14)34(29,30)27-21-25-13-18(20(24)26-21)33-15-5-7-16(8-6-15)35(31,32)28-10-2-1-3-11-28;22-14-4-9-19(17(23)12-14)34(29,30)26-21-24-13-18(20(28)25-21)33-15-5-7-16(8-6-15)35(31,32)27-10-2-1-3-11-27/h4-9,12-13H,1-3,10-11H2,(H,25,26,27);4-9,12-13H,1-3,10-11H2,(H2,24,25,26,28). The van der Waals surface area contributed by atoms with Crippen molar-refractivity contribution in [2.75, 3.05) is 35.6 Å². The van der Waals surface area contributed by atoms with E-state index in [0.717, 1.165) is 55.2 Å². The molecule has 6 aromatic rings. The molecule has 2 saturated heterocycles. The number of halogens is 5. The van der Waals surface area contributed by atoms with E-state index in [2.05, 4.69) is 29.4 Å². The molecule has 4 heterocycles. The Morgan fingerprint density at radius 1 is 0.529 bits per heavy atom. The molecular formula is C42H39Cl5N8O9S6. The Morgan fingerprint density at radius 3 is 1.39 bits per heavy atom. The van der Waals surface area contributed by atoms with Crippen LogP contribution in [0, 0.1) is 0 Å². The van der Waals surface area contributed by atoms with Crippen LogP contribution in [0.2, 0.25) is 25.2 Å². The summed E-state index contributed by atoms with van der Waals surface area (Å²) in [6.45, 7) is 2.10. The van der Waals surface area contributed by atoms with Gasteiger partial charge < -0.3 is 0 Å². The van der Waals surface area contributed by atoms with Crippen LogP contribution >= 0.6 is 81.5 Å². The van der Waals surface area contributed by atoms with Gasteiger partial charge in [0.15, 0.2) is 0 Å². The third kappa shape index (κ3) is 13.5. The number of piperidine rings is 2. The van der Waals surface area contributed by atoms with Crippen LogP contribution in [-0.4, -0.2) is 88.4 Å². The van der Waals surface area contributed by atoms with Crippen molar-refractivity contribution in [1.29, 1.82) is 0 Å². The van der Waals surface area contributed by atoms with E-state index in [1.165, 1.54) is 81.3 Å². The maximum Gasteiger partial charge on any atom is 0.266 e. The SMILES string of the molecule is O=S(=O)(Nc1ncc(Sc2ccc(S(=O)(=O)N3CCCCC3)cc2)c(Cl)n1)c1ccc(Cl)cc1Cl.O=c1[nH]c(NS(=O)(=O)c2ccc(Cl)cc2Cl)ncc1Sc1ccc(S(=O)(=O)N2CCCCC2)cc1. The van der Waals surface area contributed by atoms with Gasteiger partial charge in [-0.25, -0.2) is 53.1 Å². The van der Waals surface area contributed by atoms with Gasteiger partial charge in [0.2, 0.25) is 31.9 Å². The largest absolute Gasteiger partial charge is 0.291 e. The number of nitrogens with zero attached hydrogens (tertiary/aromatic N) is 5. The number of anilines is 2. The predicted octanol–water partition coefficient (Wildman–Crippen LogP) is 9.77. The van der Waals surface area contributed by atoms with Gasteiger partial charge in [-0.2, -0.15) is 13.6 Å². The number of H-pyrrole nitrogens is 1. The molecule has 2 aliphatic heterocycles. The van der Waals surface area contributed by atoms with Crippen LogP contribution in [0.5, 0.6) is 0 Å². The lowest BCUT2D eigenvalue weighted by molar-refractivity contribution is 0.346. The molecule has 0 aliphatic carbocycles. The van der Waals surface area contributed by atoms with Crippen molar-refractivity contribution in [3.63, 3.8) is 0 Å². The summed E-state index contributed by atoms with van der Waals surface area (Å²) in [4.78, 5) is 29.0. The minimum absolute atomic E-state index is 0.0231. The molecule has 2 fully saturated rings. The molecular weight excluding hydrogens is 1130 g/mol. The summed E-state index contributed by atoms with van der Waals surface area (Å²) in [6.07, 6.45) is 8.10. The molecule has 17 nitrogen and oxygen atoms in total. The van der Waals surface area contributed by atoms with Gasteiger partial charge in [0.05, 0.1) is 35.8 Å². The molecule has 0 radical (unpaired) electrons. The summed E-state index contributed by atoms with van der Waals surface area (Å²) < 4.78 is 109. The average molecular weight is 1170 g/mol. The number of sulfonamides is 4. The molecule has 0 spiro atoms. The first-order chi connectivity index (χ1) is 33.1. The van der Waals surface area contributed by atoms with E-state index in [4.69, 9.17) is 58.0 Å². The van der Waals surface area contributed by atoms with E-state index in [1.54, 1.807) is 36.4 Å². The van der Waals surface area contributed by atoms with Crippen molar-refractivity contribution >= 4 is 134 Å². The van der Waals surface area contributed by atoms with Gasteiger partial charge in [-0.05, 0) is 111 Å². The lowest BCUT2D eigenvalue weighted by Crippen LogP contribution is -2.35. The van der Waals surface area contributed by atoms with Crippen LogP contribution in [0.4, 0.5) is 11.9 Å². The first kappa shape index (κ1) is 54.1. The molecule has 3 N–H and O–H groups in total. The predicted molar refractivity (Wildman–Crippen MR) is 273 cm³/mol. The molecule has 2 aliphatic rings. The second kappa shape index (κ2) is 23.0. The molecule has 28 heteroatoms. The van der Waals surface area contributed by atoms with Gasteiger partial charge in [0, 0.05) is 52.2 Å². The van der Waals surface area contributed by atoms with Crippen LogP contribution in [0.15, 0.2) is 141 Å². The molecule has 70 heavy (non-hydrogen) atoms. The average Bonchev–Trinajstić information content (AvgIpc) is 3.31.